The number of amides is 1. The Morgan fingerprint density at radius 2 is 1.86 bits per heavy atom. The molecular weight excluding hydrogens is 411 g/mol. The maximum Gasteiger partial charge on any atom is 0.243 e. The van der Waals surface area contributed by atoms with Gasteiger partial charge in [0.2, 0.25) is 11.8 Å². The molecule has 0 atom stereocenters. The van der Waals surface area contributed by atoms with E-state index in [9.17, 15) is 13.6 Å². The van der Waals surface area contributed by atoms with E-state index in [1.165, 1.54) is 18.3 Å². The fourth-order valence-corrected chi connectivity index (χ4v) is 2.66. The molecule has 3 aromatic rings. The molecule has 0 saturated heterocycles. The van der Waals surface area contributed by atoms with Gasteiger partial charge in [-0.3, -0.25) is 4.79 Å². The minimum Gasteiger partial charge on any atom is -0.435 e. The van der Waals surface area contributed by atoms with E-state index in [1.807, 2.05) is 0 Å². The maximum atomic E-state index is 13.2. The number of aromatic nitrogens is 1. The molecule has 0 saturated carbocycles. The number of ether oxygens (including phenoxy) is 1. The Morgan fingerprint density at radius 3 is 2.61 bits per heavy atom. The van der Waals surface area contributed by atoms with E-state index in [2.05, 4.69) is 15.6 Å². The Kier molecular flexibility index (Phi) is 6.28. The lowest BCUT2D eigenvalue weighted by molar-refractivity contribution is -0.114. The van der Waals surface area contributed by atoms with Crippen LogP contribution in [0.2, 0.25) is 10.0 Å². The van der Waals surface area contributed by atoms with Gasteiger partial charge >= 0.3 is 0 Å². The molecule has 0 aliphatic rings. The third-order valence-electron chi connectivity index (χ3n) is 3.51. The molecule has 0 fully saturated rings. The van der Waals surface area contributed by atoms with Crippen molar-refractivity contribution in [2.45, 2.75) is 0 Å². The Morgan fingerprint density at radius 1 is 1.07 bits per heavy atom. The molecule has 3 rings (SSSR count). The van der Waals surface area contributed by atoms with Crippen LogP contribution in [0.15, 0.2) is 54.7 Å². The van der Waals surface area contributed by atoms with Crippen molar-refractivity contribution in [3.05, 3.63) is 76.4 Å². The summed E-state index contributed by atoms with van der Waals surface area (Å²) >= 11 is 11.9. The summed E-state index contributed by atoms with van der Waals surface area (Å²) < 4.78 is 31.8. The first-order valence-electron chi connectivity index (χ1n) is 7.99. The zero-order chi connectivity index (χ0) is 20.1. The zero-order valence-electron chi connectivity index (χ0n) is 14.2. The zero-order valence-corrected chi connectivity index (χ0v) is 15.7. The van der Waals surface area contributed by atoms with Crippen molar-refractivity contribution in [3.8, 4) is 11.6 Å². The number of benzene rings is 2. The van der Waals surface area contributed by atoms with Crippen molar-refractivity contribution < 1.29 is 18.3 Å². The van der Waals surface area contributed by atoms with Gasteiger partial charge in [0.1, 0.15) is 5.02 Å². The van der Waals surface area contributed by atoms with E-state index < -0.39 is 17.5 Å². The maximum absolute atomic E-state index is 13.2. The molecule has 5 nitrogen and oxygen atoms in total. The number of pyridine rings is 1. The summed E-state index contributed by atoms with van der Waals surface area (Å²) in [6, 6.07) is 11.5. The van der Waals surface area contributed by atoms with Crippen molar-refractivity contribution in [1.82, 2.24) is 4.98 Å². The van der Waals surface area contributed by atoms with Crippen molar-refractivity contribution in [1.29, 1.82) is 0 Å². The highest BCUT2D eigenvalue weighted by Crippen LogP contribution is 2.33. The molecule has 9 heteroatoms. The number of anilines is 2. The number of carbonyl (C=O) groups excluding carboxylic acids is 1. The van der Waals surface area contributed by atoms with Crippen LogP contribution < -0.4 is 15.4 Å². The van der Waals surface area contributed by atoms with E-state index in [0.717, 1.165) is 12.1 Å². The number of nitrogens with zero attached hydrogens (tertiary/aromatic N) is 1. The minimum atomic E-state index is -1.04. The summed E-state index contributed by atoms with van der Waals surface area (Å²) in [6.07, 6.45) is 1.40. The summed E-state index contributed by atoms with van der Waals surface area (Å²) in [4.78, 5) is 16.1. The number of hydrogen-bond donors (Lipinski definition) is 2. The van der Waals surface area contributed by atoms with Gasteiger partial charge in [-0.2, -0.15) is 0 Å². The Labute approximate surface area is 169 Å². The second kappa shape index (κ2) is 8.86. The SMILES string of the molecule is O=C(CNc1ccccc1Oc1ncc(Cl)cc1Cl)Nc1ccc(F)c(F)c1. The smallest absolute Gasteiger partial charge is 0.243 e. The molecule has 0 radical (unpaired) electrons. The van der Waals surface area contributed by atoms with Gasteiger partial charge in [0.25, 0.3) is 0 Å². The van der Waals surface area contributed by atoms with Crippen LogP contribution in [0.1, 0.15) is 0 Å². The van der Waals surface area contributed by atoms with Crippen molar-refractivity contribution in [3.63, 3.8) is 0 Å². The van der Waals surface area contributed by atoms with Crippen LogP contribution in [-0.4, -0.2) is 17.4 Å². The Hall–Kier alpha value is -2.90. The summed E-state index contributed by atoms with van der Waals surface area (Å²) in [7, 11) is 0. The molecule has 0 unspecified atom stereocenters. The highest BCUT2D eigenvalue weighted by molar-refractivity contribution is 6.35. The number of rotatable bonds is 6. The molecule has 144 valence electrons. The van der Waals surface area contributed by atoms with E-state index in [-0.39, 0.29) is 23.1 Å². The van der Waals surface area contributed by atoms with Gasteiger partial charge in [-0.05, 0) is 30.3 Å². The lowest BCUT2D eigenvalue weighted by atomic mass is 10.3. The highest BCUT2D eigenvalue weighted by atomic mass is 35.5. The molecule has 0 bridgehead atoms. The van der Waals surface area contributed by atoms with E-state index in [0.29, 0.717) is 16.5 Å². The first-order chi connectivity index (χ1) is 13.4. The average Bonchev–Trinajstić information content (AvgIpc) is 2.66. The molecule has 1 heterocycles. The number of hydrogen-bond acceptors (Lipinski definition) is 4. The van der Waals surface area contributed by atoms with Crippen LogP contribution >= 0.6 is 23.2 Å². The van der Waals surface area contributed by atoms with Crippen LogP contribution in [0.3, 0.4) is 0 Å². The predicted molar refractivity (Wildman–Crippen MR) is 104 cm³/mol. The van der Waals surface area contributed by atoms with Crippen LogP contribution in [-0.2, 0) is 4.79 Å². The first kappa shape index (κ1) is 19.9. The second-order valence-corrected chi connectivity index (χ2v) is 6.41. The van der Waals surface area contributed by atoms with Gasteiger partial charge in [0.05, 0.1) is 17.3 Å². The molecule has 28 heavy (non-hydrogen) atoms. The van der Waals surface area contributed by atoms with E-state index in [4.69, 9.17) is 27.9 Å². The van der Waals surface area contributed by atoms with Gasteiger partial charge < -0.3 is 15.4 Å². The summed E-state index contributed by atoms with van der Waals surface area (Å²) in [5.41, 5.74) is 0.656. The lowest BCUT2D eigenvalue weighted by Gasteiger charge is -2.13. The third-order valence-corrected chi connectivity index (χ3v) is 3.99. The molecule has 0 spiro atoms. The minimum absolute atomic E-state index is 0.138. The first-order valence-corrected chi connectivity index (χ1v) is 8.74. The summed E-state index contributed by atoms with van der Waals surface area (Å²) in [6.45, 7) is -0.138. The topological polar surface area (TPSA) is 63.2 Å². The lowest BCUT2D eigenvalue weighted by Crippen LogP contribution is -2.22. The predicted octanol–water partition coefficient (Wildman–Crippen LogP) is 5.51. The summed E-state index contributed by atoms with van der Waals surface area (Å²) in [5.74, 6) is -1.94. The van der Waals surface area contributed by atoms with Crippen LogP contribution in [0.4, 0.5) is 20.2 Å². The molecule has 2 N–H and O–H groups in total. The molecular formula is C19H13Cl2F2N3O2. The second-order valence-electron chi connectivity index (χ2n) is 5.57. The van der Waals surface area contributed by atoms with Crippen molar-refractivity contribution >= 4 is 40.5 Å². The largest absolute Gasteiger partial charge is 0.435 e. The number of nitrogens with one attached hydrogen (secondary N) is 2. The molecule has 0 aliphatic heterocycles. The monoisotopic (exact) mass is 423 g/mol. The standard InChI is InChI=1S/C19H13Cl2F2N3O2/c20-11-7-13(21)19(25-9-11)28-17-4-2-1-3-16(17)24-10-18(27)26-12-5-6-14(22)15(23)8-12/h1-9,24H,10H2,(H,26,27). The molecule has 0 aliphatic carbocycles. The van der Waals surface area contributed by atoms with Gasteiger partial charge in [-0.1, -0.05) is 35.3 Å². The quantitative estimate of drug-likeness (QED) is 0.548. The van der Waals surface area contributed by atoms with Gasteiger partial charge in [0.15, 0.2) is 17.4 Å². The fraction of sp³-hybridized carbons (Fsp3) is 0.0526. The Bertz CT molecular complexity index is 1020. The summed E-state index contributed by atoms with van der Waals surface area (Å²) in [5, 5.41) is 5.98. The van der Waals surface area contributed by atoms with Gasteiger partial charge in [-0.15, -0.1) is 0 Å². The highest BCUT2D eigenvalue weighted by Gasteiger charge is 2.11. The van der Waals surface area contributed by atoms with Crippen molar-refractivity contribution in [2.75, 3.05) is 17.2 Å². The van der Waals surface area contributed by atoms with Gasteiger partial charge in [0, 0.05) is 18.0 Å². The van der Waals surface area contributed by atoms with Crippen LogP contribution in [0, 0.1) is 11.6 Å². The van der Waals surface area contributed by atoms with E-state index in [1.54, 1.807) is 24.3 Å². The van der Waals surface area contributed by atoms with E-state index >= 15 is 0 Å². The number of halogens is 4. The Balaban J connectivity index is 1.66. The van der Waals surface area contributed by atoms with Crippen LogP contribution in [0.5, 0.6) is 11.6 Å². The molecule has 1 aromatic heterocycles. The van der Waals surface area contributed by atoms with Gasteiger partial charge in [-0.25, -0.2) is 13.8 Å². The third kappa shape index (κ3) is 5.09. The average molecular weight is 424 g/mol. The fourth-order valence-electron chi connectivity index (χ4n) is 2.24. The normalized spacial score (nSPS) is 10.4. The number of para-hydroxylation sites is 2. The molecule has 1 amide bonds. The van der Waals surface area contributed by atoms with Crippen LogP contribution in [0.25, 0.3) is 0 Å². The number of carbonyl (C=O) groups is 1. The molecule has 2 aromatic carbocycles. The van der Waals surface area contributed by atoms with Crippen molar-refractivity contribution in [2.24, 2.45) is 0 Å².